The van der Waals surface area contributed by atoms with Crippen LogP contribution in [0, 0.1) is 0 Å². The van der Waals surface area contributed by atoms with Crippen molar-refractivity contribution in [3.8, 4) is 17.1 Å². The highest BCUT2D eigenvalue weighted by atomic mass is 35.5. The van der Waals surface area contributed by atoms with Gasteiger partial charge in [0.2, 0.25) is 5.82 Å². The number of hydrogen-bond acceptors (Lipinski definition) is 6. The van der Waals surface area contributed by atoms with Crippen molar-refractivity contribution in [3.63, 3.8) is 0 Å². The molecule has 0 spiro atoms. The molecule has 0 aliphatic rings. The van der Waals surface area contributed by atoms with Gasteiger partial charge in [0.15, 0.2) is 0 Å². The number of halogens is 5. The van der Waals surface area contributed by atoms with Gasteiger partial charge in [-0.2, -0.15) is 18.2 Å². The molecule has 0 N–H and O–H groups in total. The van der Waals surface area contributed by atoms with Gasteiger partial charge in [-0.1, -0.05) is 34.4 Å². The second kappa shape index (κ2) is 9.53. The van der Waals surface area contributed by atoms with Crippen LogP contribution in [0.25, 0.3) is 22.3 Å². The lowest BCUT2D eigenvalue weighted by Crippen LogP contribution is -2.19. The summed E-state index contributed by atoms with van der Waals surface area (Å²) in [5.74, 6) is -1.41. The molecule has 0 amide bonds. The van der Waals surface area contributed by atoms with Crippen LogP contribution in [-0.2, 0) is 12.7 Å². The Morgan fingerprint density at radius 3 is 2.62 bits per heavy atom. The number of fused-ring (bicyclic) bond motifs is 1. The van der Waals surface area contributed by atoms with Crippen LogP contribution in [0.3, 0.4) is 0 Å². The molecule has 37 heavy (non-hydrogen) atoms. The zero-order chi connectivity index (χ0) is 26.3. The van der Waals surface area contributed by atoms with Gasteiger partial charge in [-0.3, -0.25) is 9.78 Å². The number of aromatic nitrogens is 4. The first-order valence-electron chi connectivity index (χ1n) is 10.7. The first kappa shape index (κ1) is 24.8. The Hall–Kier alpha value is -3.89. The van der Waals surface area contributed by atoms with Gasteiger partial charge in [-0.25, -0.2) is 0 Å². The van der Waals surface area contributed by atoms with E-state index >= 15 is 0 Å². The lowest BCUT2D eigenvalue weighted by atomic mass is 10.1. The summed E-state index contributed by atoms with van der Waals surface area (Å²) in [6.07, 6.45) is -1.96. The average Bonchev–Trinajstić information content (AvgIpc) is 3.49. The van der Waals surface area contributed by atoms with Crippen LogP contribution < -0.4 is 4.74 Å². The van der Waals surface area contributed by atoms with Crippen LogP contribution in [0.2, 0.25) is 10.0 Å². The zero-order valence-corrected chi connectivity index (χ0v) is 20.4. The molecule has 0 saturated carbocycles. The SMILES string of the molecule is COc1ccc2c(c1)c(C(=O)c1nc(-c3cccnc3)no1)c(C(F)(F)F)n2Cc1ccc(Cl)cc1Cl. The Labute approximate surface area is 217 Å². The molecule has 3 heterocycles. The van der Waals surface area contributed by atoms with E-state index in [4.69, 9.17) is 32.5 Å². The van der Waals surface area contributed by atoms with Gasteiger partial charge < -0.3 is 13.8 Å². The number of nitrogens with zero attached hydrogens (tertiary/aromatic N) is 4. The van der Waals surface area contributed by atoms with E-state index in [2.05, 4.69) is 15.1 Å². The van der Waals surface area contributed by atoms with E-state index in [1.807, 2.05) is 0 Å². The number of methoxy groups -OCH3 is 1. The summed E-state index contributed by atoms with van der Waals surface area (Å²) in [6.45, 7) is -0.286. The molecular formula is C25H15Cl2F3N4O3. The van der Waals surface area contributed by atoms with Crippen molar-refractivity contribution < 1.29 is 27.2 Å². The molecule has 188 valence electrons. The van der Waals surface area contributed by atoms with Gasteiger partial charge in [0, 0.05) is 45.5 Å². The standard InChI is InChI=1S/C25H15Cl2F3N4O3/c1-36-16-6-7-19-17(10-16)20(21(35)24-32-23(33-37-24)13-3-2-8-31-11-13)22(25(28,29)30)34(19)12-14-4-5-15(26)9-18(14)27/h2-11H,12H2,1H3. The highest BCUT2D eigenvalue weighted by Crippen LogP contribution is 2.41. The third-order valence-electron chi connectivity index (χ3n) is 5.65. The predicted octanol–water partition coefficient (Wildman–Crippen LogP) is 6.70. The molecule has 5 aromatic rings. The molecule has 0 aliphatic carbocycles. The molecule has 5 rings (SSSR count). The number of carbonyl (C=O) groups excluding carboxylic acids is 1. The minimum Gasteiger partial charge on any atom is -0.497 e. The summed E-state index contributed by atoms with van der Waals surface area (Å²) in [6, 6.07) is 12.0. The molecule has 0 saturated heterocycles. The lowest BCUT2D eigenvalue weighted by Gasteiger charge is -2.15. The number of hydrogen-bond donors (Lipinski definition) is 0. The average molecular weight is 547 g/mol. The number of benzene rings is 2. The number of alkyl halides is 3. The van der Waals surface area contributed by atoms with Crippen LogP contribution in [0.15, 0.2) is 65.4 Å². The van der Waals surface area contributed by atoms with Gasteiger partial charge in [-0.15, -0.1) is 0 Å². The van der Waals surface area contributed by atoms with Crippen LogP contribution >= 0.6 is 23.2 Å². The number of carbonyl (C=O) groups is 1. The molecule has 2 aromatic carbocycles. The lowest BCUT2D eigenvalue weighted by molar-refractivity contribution is -0.143. The second-order valence-electron chi connectivity index (χ2n) is 7.92. The molecule has 0 unspecified atom stereocenters. The van der Waals surface area contributed by atoms with E-state index in [1.165, 1.54) is 55.9 Å². The number of rotatable bonds is 6. The van der Waals surface area contributed by atoms with Gasteiger partial charge in [0.1, 0.15) is 11.4 Å². The molecule has 0 bridgehead atoms. The molecule has 3 aromatic heterocycles. The van der Waals surface area contributed by atoms with E-state index < -0.39 is 29.1 Å². The zero-order valence-electron chi connectivity index (χ0n) is 18.9. The Morgan fingerprint density at radius 2 is 1.95 bits per heavy atom. The quantitative estimate of drug-likeness (QED) is 0.220. The molecule has 7 nitrogen and oxygen atoms in total. The Morgan fingerprint density at radius 1 is 1.14 bits per heavy atom. The Kier molecular flexibility index (Phi) is 6.38. The summed E-state index contributed by atoms with van der Waals surface area (Å²) in [7, 11) is 1.37. The smallest absolute Gasteiger partial charge is 0.432 e. The summed E-state index contributed by atoms with van der Waals surface area (Å²) in [5.41, 5.74) is -0.891. The number of pyridine rings is 1. The van der Waals surface area contributed by atoms with Gasteiger partial charge in [-0.05, 0) is 48.0 Å². The van der Waals surface area contributed by atoms with Crippen molar-refractivity contribution in [2.45, 2.75) is 12.7 Å². The van der Waals surface area contributed by atoms with Crippen molar-refractivity contribution in [1.29, 1.82) is 0 Å². The molecule has 0 aliphatic heterocycles. The maximum atomic E-state index is 14.6. The molecule has 0 atom stereocenters. The summed E-state index contributed by atoms with van der Waals surface area (Å²) in [5, 5.41) is 4.27. The number of ether oxygens (including phenoxy) is 1. The third-order valence-corrected chi connectivity index (χ3v) is 6.24. The van der Waals surface area contributed by atoms with Crippen molar-refractivity contribution in [3.05, 3.63) is 93.7 Å². The molecule has 12 heteroatoms. The maximum Gasteiger partial charge on any atom is 0.432 e. The fraction of sp³-hybridized carbons (Fsp3) is 0.120. The monoisotopic (exact) mass is 546 g/mol. The third kappa shape index (κ3) is 4.65. The summed E-state index contributed by atoms with van der Waals surface area (Å²) in [4.78, 5) is 21.5. The van der Waals surface area contributed by atoms with Gasteiger partial charge >= 0.3 is 6.18 Å². The van der Waals surface area contributed by atoms with Crippen molar-refractivity contribution >= 4 is 39.9 Å². The summed E-state index contributed by atoms with van der Waals surface area (Å²) < 4.78 is 55.1. The Bertz CT molecular complexity index is 1630. The fourth-order valence-corrected chi connectivity index (χ4v) is 4.47. The highest BCUT2D eigenvalue weighted by molar-refractivity contribution is 6.35. The van der Waals surface area contributed by atoms with Crippen molar-refractivity contribution in [1.82, 2.24) is 19.7 Å². The highest BCUT2D eigenvalue weighted by Gasteiger charge is 2.42. The first-order valence-corrected chi connectivity index (χ1v) is 11.4. The summed E-state index contributed by atoms with van der Waals surface area (Å²) >= 11 is 12.2. The fourth-order valence-electron chi connectivity index (χ4n) is 4.00. The van der Waals surface area contributed by atoms with E-state index in [9.17, 15) is 18.0 Å². The minimum absolute atomic E-state index is 0.00267. The van der Waals surface area contributed by atoms with E-state index in [-0.39, 0.29) is 34.0 Å². The van der Waals surface area contributed by atoms with E-state index in [1.54, 1.807) is 12.1 Å². The molecular weight excluding hydrogens is 532 g/mol. The number of ketones is 1. The maximum absolute atomic E-state index is 14.6. The minimum atomic E-state index is -4.93. The molecule has 0 fully saturated rings. The van der Waals surface area contributed by atoms with Crippen LogP contribution in [0.5, 0.6) is 5.75 Å². The topological polar surface area (TPSA) is 83.0 Å². The van der Waals surface area contributed by atoms with E-state index in [0.717, 1.165) is 4.57 Å². The van der Waals surface area contributed by atoms with Crippen LogP contribution in [0.4, 0.5) is 13.2 Å². The van der Waals surface area contributed by atoms with Crippen LogP contribution in [-0.4, -0.2) is 32.6 Å². The van der Waals surface area contributed by atoms with Crippen molar-refractivity contribution in [2.24, 2.45) is 0 Å². The van der Waals surface area contributed by atoms with Gasteiger partial charge in [0.25, 0.3) is 11.7 Å². The molecule has 0 radical (unpaired) electrons. The van der Waals surface area contributed by atoms with Crippen LogP contribution in [0.1, 0.15) is 27.5 Å². The normalized spacial score (nSPS) is 11.7. The Balaban J connectivity index is 1.73. The predicted molar refractivity (Wildman–Crippen MR) is 130 cm³/mol. The van der Waals surface area contributed by atoms with E-state index in [0.29, 0.717) is 16.1 Å². The van der Waals surface area contributed by atoms with Gasteiger partial charge in [0.05, 0.1) is 12.7 Å². The first-order chi connectivity index (χ1) is 17.7. The van der Waals surface area contributed by atoms with Crippen molar-refractivity contribution in [2.75, 3.05) is 7.11 Å². The second-order valence-corrected chi connectivity index (χ2v) is 8.76. The largest absolute Gasteiger partial charge is 0.497 e.